The number of benzene rings is 1. The molecule has 0 atom stereocenters. The van der Waals surface area contributed by atoms with Crippen LogP contribution >= 0.6 is 11.6 Å². The lowest BCUT2D eigenvalue weighted by Gasteiger charge is -2.17. The van der Waals surface area contributed by atoms with Gasteiger partial charge in [0.1, 0.15) is 0 Å². The van der Waals surface area contributed by atoms with Crippen molar-refractivity contribution in [3.8, 4) is 0 Å². The maximum atomic E-state index is 10.8. The van der Waals surface area contributed by atoms with Crippen molar-refractivity contribution in [2.75, 3.05) is 25.2 Å². The summed E-state index contributed by atoms with van der Waals surface area (Å²) in [6.45, 7) is 3.83. The van der Waals surface area contributed by atoms with E-state index in [-0.39, 0.29) is 0 Å². The molecule has 0 saturated heterocycles. The number of carbonyl (C=O) groups excluding carboxylic acids is 1. The molecular weight excluding hydrogens is 326 g/mol. The van der Waals surface area contributed by atoms with E-state index in [0.717, 1.165) is 17.4 Å². The number of hydrogen-bond acceptors (Lipinski definition) is 5. The molecular formula is C18H20ClN3O2. The van der Waals surface area contributed by atoms with Crippen LogP contribution in [-0.2, 0) is 11.3 Å². The van der Waals surface area contributed by atoms with Crippen LogP contribution in [0.1, 0.15) is 28.4 Å². The molecule has 2 rings (SSSR count). The first kappa shape index (κ1) is 18.1. The van der Waals surface area contributed by atoms with Crippen LogP contribution in [0, 0.1) is 0 Å². The molecule has 0 saturated carbocycles. The number of ether oxygens (including phenoxy) is 1. The van der Waals surface area contributed by atoms with Crippen LogP contribution < -0.4 is 4.90 Å². The lowest BCUT2D eigenvalue weighted by Crippen LogP contribution is -2.19. The van der Waals surface area contributed by atoms with Crippen LogP contribution in [0.15, 0.2) is 36.7 Å². The highest BCUT2D eigenvalue weighted by Gasteiger charge is 2.07. The highest BCUT2D eigenvalue weighted by molar-refractivity contribution is 6.33. The highest BCUT2D eigenvalue weighted by atomic mass is 35.5. The monoisotopic (exact) mass is 345 g/mol. The quantitative estimate of drug-likeness (QED) is 0.540. The summed E-state index contributed by atoms with van der Waals surface area (Å²) in [6.07, 6.45) is 8.14. The Morgan fingerprint density at radius 1 is 1.29 bits per heavy atom. The third kappa shape index (κ3) is 5.15. The van der Waals surface area contributed by atoms with Crippen LogP contribution in [0.5, 0.6) is 0 Å². The average Bonchev–Trinajstić information content (AvgIpc) is 2.59. The summed E-state index contributed by atoms with van der Waals surface area (Å²) in [5, 5.41) is 0.451. The minimum atomic E-state index is 0.451. The molecule has 1 aromatic carbocycles. The van der Waals surface area contributed by atoms with E-state index in [2.05, 4.69) is 9.97 Å². The van der Waals surface area contributed by atoms with Gasteiger partial charge in [0.2, 0.25) is 5.95 Å². The Morgan fingerprint density at radius 2 is 2.04 bits per heavy atom. The second-order valence-corrected chi connectivity index (χ2v) is 5.62. The first-order chi connectivity index (χ1) is 11.6. The normalized spacial score (nSPS) is 11.0. The number of rotatable bonds is 8. The molecule has 0 aliphatic heterocycles. The minimum absolute atomic E-state index is 0.451. The molecule has 5 nitrogen and oxygen atoms in total. The summed E-state index contributed by atoms with van der Waals surface area (Å²) in [7, 11) is 1.90. The first-order valence-corrected chi connectivity index (χ1v) is 8.03. The molecule has 0 aliphatic carbocycles. The molecule has 1 aromatic heterocycles. The summed E-state index contributed by atoms with van der Waals surface area (Å²) in [5.74, 6) is 0.618. The fourth-order valence-electron chi connectivity index (χ4n) is 2.09. The molecule has 0 aliphatic rings. The largest absolute Gasteiger partial charge is 0.378 e. The SMILES string of the molecule is CCOC/C=C/c1cnc(N(C)Cc2ccc(C=O)c(Cl)c2)nc1. The summed E-state index contributed by atoms with van der Waals surface area (Å²) < 4.78 is 5.24. The highest BCUT2D eigenvalue weighted by Crippen LogP contribution is 2.18. The predicted molar refractivity (Wildman–Crippen MR) is 96.5 cm³/mol. The van der Waals surface area contributed by atoms with Crippen LogP contribution in [0.3, 0.4) is 0 Å². The van der Waals surface area contributed by atoms with Crippen molar-refractivity contribution in [3.63, 3.8) is 0 Å². The third-order valence-corrected chi connectivity index (χ3v) is 3.67. The number of halogens is 1. The molecule has 2 aromatic rings. The lowest BCUT2D eigenvalue weighted by molar-refractivity contribution is 0.112. The van der Waals surface area contributed by atoms with E-state index < -0.39 is 0 Å². The van der Waals surface area contributed by atoms with Gasteiger partial charge in [0.25, 0.3) is 0 Å². The van der Waals surface area contributed by atoms with Crippen molar-refractivity contribution < 1.29 is 9.53 Å². The Hall–Kier alpha value is -2.24. The van der Waals surface area contributed by atoms with Crippen molar-refractivity contribution in [2.24, 2.45) is 0 Å². The smallest absolute Gasteiger partial charge is 0.225 e. The molecule has 0 bridgehead atoms. The minimum Gasteiger partial charge on any atom is -0.378 e. The Morgan fingerprint density at radius 3 is 2.67 bits per heavy atom. The van der Waals surface area contributed by atoms with Gasteiger partial charge in [-0.1, -0.05) is 29.8 Å². The molecule has 0 amide bonds. The van der Waals surface area contributed by atoms with Gasteiger partial charge in [-0.25, -0.2) is 9.97 Å². The molecule has 0 radical (unpaired) electrons. The second kappa shape index (κ2) is 9.15. The van der Waals surface area contributed by atoms with E-state index in [9.17, 15) is 4.79 Å². The van der Waals surface area contributed by atoms with Crippen LogP contribution in [0.25, 0.3) is 6.08 Å². The Bertz CT molecular complexity index is 702. The number of aldehydes is 1. The van der Waals surface area contributed by atoms with E-state index in [1.165, 1.54) is 0 Å². The number of anilines is 1. The standard InChI is InChI=1S/C18H20ClN3O2/c1-3-24-8-4-5-15-10-20-18(21-11-15)22(2)12-14-6-7-16(13-23)17(19)9-14/h4-7,9-11,13H,3,8,12H2,1-2H3/b5-4+. The van der Waals surface area contributed by atoms with Crippen LogP contribution in [-0.4, -0.2) is 36.5 Å². The van der Waals surface area contributed by atoms with Gasteiger partial charge in [0, 0.05) is 43.7 Å². The van der Waals surface area contributed by atoms with Gasteiger partial charge in [0.05, 0.1) is 11.6 Å². The Labute approximate surface area is 146 Å². The number of hydrogen-bond donors (Lipinski definition) is 0. The predicted octanol–water partition coefficient (Wildman–Crippen LogP) is 3.63. The van der Waals surface area contributed by atoms with Crippen molar-refractivity contribution in [3.05, 3.63) is 58.4 Å². The fourth-order valence-corrected chi connectivity index (χ4v) is 2.34. The van der Waals surface area contributed by atoms with E-state index in [1.807, 2.05) is 37.1 Å². The summed E-state index contributed by atoms with van der Waals surface area (Å²) in [4.78, 5) is 21.4. The maximum absolute atomic E-state index is 10.8. The van der Waals surface area contributed by atoms with E-state index in [1.54, 1.807) is 24.5 Å². The van der Waals surface area contributed by atoms with Crippen molar-refractivity contribution in [2.45, 2.75) is 13.5 Å². The number of aromatic nitrogens is 2. The number of carbonyl (C=O) groups is 1. The van der Waals surface area contributed by atoms with Gasteiger partial charge in [0.15, 0.2) is 6.29 Å². The molecule has 126 valence electrons. The summed E-state index contributed by atoms with van der Waals surface area (Å²) in [6, 6.07) is 5.37. The molecule has 0 unspecified atom stereocenters. The van der Waals surface area contributed by atoms with Crippen molar-refractivity contribution >= 4 is 29.9 Å². The summed E-state index contributed by atoms with van der Waals surface area (Å²) in [5.41, 5.74) is 2.39. The summed E-state index contributed by atoms with van der Waals surface area (Å²) >= 11 is 6.05. The molecule has 1 heterocycles. The second-order valence-electron chi connectivity index (χ2n) is 5.21. The van der Waals surface area contributed by atoms with Crippen molar-refractivity contribution in [1.29, 1.82) is 0 Å². The maximum Gasteiger partial charge on any atom is 0.225 e. The zero-order valence-electron chi connectivity index (χ0n) is 13.8. The fraction of sp³-hybridized carbons (Fsp3) is 0.278. The van der Waals surface area contributed by atoms with E-state index in [4.69, 9.17) is 16.3 Å². The molecule has 0 N–H and O–H groups in total. The lowest BCUT2D eigenvalue weighted by atomic mass is 10.1. The van der Waals surface area contributed by atoms with E-state index >= 15 is 0 Å². The van der Waals surface area contributed by atoms with Gasteiger partial charge in [-0.15, -0.1) is 0 Å². The molecule has 6 heteroatoms. The zero-order chi connectivity index (χ0) is 17.4. The van der Waals surface area contributed by atoms with E-state index in [0.29, 0.717) is 36.3 Å². The van der Waals surface area contributed by atoms with Crippen molar-refractivity contribution in [1.82, 2.24) is 9.97 Å². The van der Waals surface area contributed by atoms with Crippen LogP contribution in [0.4, 0.5) is 5.95 Å². The first-order valence-electron chi connectivity index (χ1n) is 7.65. The molecule has 24 heavy (non-hydrogen) atoms. The van der Waals surface area contributed by atoms with Gasteiger partial charge >= 0.3 is 0 Å². The third-order valence-electron chi connectivity index (χ3n) is 3.34. The molecule has 0 spiro atoms. The van der Waals surface area contributed by atoms with Gasteiger partial charge < -0.3 is 9.64 Å². The van der Waals surface area contributed by atoms with Gasteiger partial charge in [-0.05, 0) is 24.6 Å². The molecule has 0 fully saturated rings. The van der Waals surface area contributed by atoms with Gasteiger partial charge in [-0.2, -0.15) is 0 Å². The number of nitrogens with zero attached hydrogens (tertiary/aromatic N) is 3. The Balaban J connectivity index is 1.99. The average molecular weight is 346 g/mol. The topological polar surface area (TPSA) is 55.3 Å². The van der Waals surface area contributed by atoms with Gasteiger partial charge in [-0.3, -0.25) is 4.79 Å². The van der Waals surface area contributed by atoms with Crippen LogP contribution in [0.2, 0.25) is 5.02 Å². The zero-order valence-corrected chi connectivity index (χ0v) is 14.5. The Kier molecular flexibility index (Phi) is 6.90.